The van der Waals surface area contributed by atoms with E-state index in [1.165, 1.54) is 6.42 Å². The minimum Gasteiger partial charge on any atom is -0.497 e. The first-order chi connectivity index (χ1) is 11.6. The van der Waals surface area contributed by atoms with Gasteiger partial charge in [0.1, 0.15) is 11.5 Å². The van der Waals surface area contributed by atoms with E-state index in [9.17, 15) is 4.79 Å². The number of likely N-dealkylation sites (tertiary alicyclic amines) is 1. The van der Waals surface area contributed by atoms with Gasteiger partial charge in [0.05, 0.1) is 19.9 Å². The Balaban J connectivity index is 1.74. The van der Waals surface area contributed by atoms with E-state index in [-0.39, 0.29) is 11.9 Å². The topological polar surface area (TPSA) is 60.4 Å². The van der Waals surface area contributed by atoms with Crippen molar-refractivity contribution in [3.63, 3.8) is 0 Å². The molecule has 1 aromatic rings. The van der Waals surface area contributed by atoms with Gasteiger partial charge in [0.2, 0.25) is 6.10 Å². The van der Waals surface area contributed by atoms with Crippen LogP contribution in [-0.4, -0.2) is 49.4 Å². The van der Waals surface area contributed by atoms with E-state index in [4.69, 9.17) is 14.3 Å². The molecule has 3 rings (SSSR count). The number of amides is 1. The minimum absolute atomic E-state index is 0.0304. The van der Waals surface area contributed by atoms with Gasteiger partial charge in [-0.2, -0.15) is 0 Å². The lowest BCUT2D eigenvalue weighted by atomic mass is 10.00. The number of carbonyl (C=O) groups is 1. The maximum absolute atomic E-state index is 12.7. The fourth-order valence-corrected chi connectivity index (χ4v) is 3.32. The second-order valence-corrected chi connectivity index (χ2v) is 6.28. The molecule has 0 spiro atoms. The van der Waals surface area contributed by atoms with Gasteiger partial charge in [0.15, 0.2) is 0 Å². The Bertz CT molecular complexity index is 644. The van der Waals surface area contributed by atoms with Crippen LogP contribution in [0.4, 0.5) is 0 Å². The van der Waals surface area contributed by atoms with Crippen LogP contribution in [0.2, 0.25) is 0 Å². The molecule has 2 heterocycles. The van der Waals surface area contributed by atoms with Gasteiger partial charge in [-0.15, -0.1) is 0 Å². The van der Waals surface area contributed by atoms with Crippen molar-refractivity contribution in [2.45, 2.75) is 44.8 Å². The lowest BCUT2D eigenvalue weighted by Crippen LogP contribution is -2.47. The van der Waals surface area contributed by atoms with Crippen molar-refractivity contribution in [3.8, 4) is 11.5 Å². The van der Waals surface area contributed by atoms with Crippen molar-refractivity contribution < 1.29 is 19.1 Å². The summed E-state index contributed by atoms with van der Waals surface area (Å²) < 4.78 is 10.7. The SMILES string of the molecule is COc1ccc(OC)c(C2=NO[C@@H](C(=O)N3CCCC[C@H]3C)C2)c1. The second kappa shape index (κ2) is 7.11. The number of benzene rings is 1. The van der Waals surface area contributed by atoms with E-state index in [0.717, 1.165) is 24.9 Å². The summed E-state index contributed by atoms with van der Waals surface area (Å²) in [6.45, 7) is 2.90. The minimum atomic E-state index is -0.545. The van der Waals surface area contributed by atoms with Crippen molar-refractivity contribution >= 4 is 11.6 Å². The maximum Gasteiger partial charge on any atom is 0.267 e. The summed E-state index contributed by atoms with van der Waals surface area (Å²) in [5.74, 6) is 1.44. The summed E-state index contributed by atoms with van der Waals surface area (Å²) >= 11 is 0. The molecular formula is C18H24N2O4. The van der Waals surface area contributed by atoms with E-state index >= 15 is 0 Å². The van der Waals surface area contributed by atoms with Crippen LogP contribution in [-0.2, 0) is 9.63 Å². The van der Waals surface area contributed by atoms with E-state index in [1.807, 2.05) is 23.1 Å². The van der Waals surface area contributed by atoms with E-state index in [2.05, 4.69) is 12.1 Å². The van der Waals surface area contributed by atoms with Crippen LogP contribution >= 0.6 is 0 Å². The molecule has 0 bridgehead atoms. The summed E-state index contributed by atoms with van der Waals surface area (Å²) in [6.07, 6.45) is 3.19. The highest BCUT2D eigenvalue weighted by atomic mass is 16.6. The number of hydrogen-bond acceptors (Lipinski definition) is 5. The largest absolute Gasteiger partial charge is 0.497 e. The van der Waals surface area contributed by atoms with Gasteiger partial charge in [-0.25, -0.2) is 0 Å². The monoisotopic (exact) mass is 332 g/mol. The molecule has 1 aromatic carbocycles. The van der Waals surface area contributed by atoms with Gasteiger partial charge >= 0.3 is 0 Å². The van der Waals surface area contributed by atoms with Crippen molar-refractivity contribution in [1.82, 2.24) is 4.90 Å². The van der Waals surface area contributed by atoms with Gasteiger partial charge in [-0.3, -0.25) is 4.79 Å². The van der Waals surface area contributed by atoms with Crippen LogP contribution < -0.4 is 9.47 Å². The van der Waals surface area contributed by atoms with E-state index < -0.39 is 6.10 Å². The van der Waals surface area contributed by atoms with Gasteiger partial charge < -0.3 is 19.2 Å². The average molecular weight is 332 g/mol. The summed E-state index contributed by atoms with van der Waals surface area (Å²) in [4.78, 5) is 20.1. The van der Waals surface area contributed by atoms with E-state index in [0.29, 0.717) is 23.6 Å². The van der Waals surface area contributed by atoms with Crippen molar-refractivity contribution in [3.05, 3.63) is 23.8 Å². The Morgan fingerprint density at radius 3 is 2.83 bits per heavy atom. The van der Waals surface area contributed by atoms with Gasteiger partial charge in [-0.05, 0) is 44.4 Å². The number of hydrogen-bond donors (Lipinski definition) is 0. The zero-order valence-electron chi connectivity index (χ0n) is 14.4. The highest BCUT2D eigenvalue weighted by Crippen LogP contribution is 2.29. The zero-order chi connectivity index (χ0) is 17.1. The highest BCUT2D eigenvalue weighted by Gasteiger charge is 2.35. The normalized spacial score (nSPS) is 23.5. The molecule has 2 aliphatic heterocycles. The molecule has 6 nitrogen and oxygen atoms in total. The quantitative estimate of drug-likeness (QED) is 0.850. The molecule has 6 heteroatoms. The fraction of sp³-hybridized carbons (Fsp3) is 0.556. The number of oxime groups is 1. The van der Waals surface area contributed by atoms with Crippen molar-refractivity contribution in [2.75, 3.05) is 20.8 Å². The molecule has 0 saturated carbocycles. The second-order valence-electron chi connectivity index (χ2n) is 6.28. The number of piperidine rings is 1. The van der Waals surface area contributed by atoms with E-state index in [1.54, 1.807) is 14.2 Å². The molecule has 2 atom stereocenters. The van der Waals surface area contributed by atoms with Gasteiger partial charge in [0.25, 0.3) is 5.91 Å². The molecule has 24 heavy (non-hydrogen) atoms. The summed E-state index contributed by atoms with van der Waals surface area (Å²) in [6, 6.07) is 5.79. The van der Waals surface area contributed by atoms with Gasteiger partial charge in [-0.1, -0.05) is 5.16 Å². The number of ether oxygens (including phenoxy) is 2. The van der Waals surface area contributed by atoms with Crippen molar-refractivity contribution in [1.29, 1.82) is 0 Å². The number of methoxy groups -OCH3 is 2. The lowest BCUT2D eigenvalue weighted by Gasteiger charge is -2.34. The molecular weight excluding hydrogens is 308 g/mol. The van der Waals surface area contributed by atoms with Crippen LogP contribution in [0.15, 0.2) is 23.4 Å². The summed E-state index contributed by atoms with van der Waals surface area (Å²) in [5, 5.41) is 4.15. The number of nitrogens with zero attached hydrogens (tertiary/aromatic N) is 2. The molecule has 1 amide bonds. The Morgan fingerprint density at radius 2 is 2.12 bits per heavy atom. The Kier molecular flexibility index (Phi) is 4.92. The van der Waals surface area contributed by atoms with Crippen molar-refractivity contribution in [2.24, 2.45) is 5.16 Å². The fourth-order valence-electron chi connectivity index (χ4n) is 3.32. The third-order valence-corrected chi connectivity index (χ3v) is 4.75. The average Bonchev–Trinajstić information content (AvgIpc) is 3.11. The molecule has 0 radical (unpaired) electrons. The molecule has 0 aliphatic carbocycles. The zero-order valence-corrected chi connectivity index (χ0v) is 14.4. The number of carbonyl (C=O) groups excluding carboxylic acids is 1. The molecule has 2 aliphatic rings. The highest BCUT2D eigenvalue weighted by molar-refractivity contribution is 6.06. The smallest absolute Gasteiger partial charge is 0.267 e. The lowest BCUT2D eigenvalue weighted by molar-refractivity contribution is -0.145. The molecule has 1 saturated heterocycles. The first-order valence-electron chi connectivity index (χ1n) is 8.39. The molecule has 0 aromatic heterocycles. The Morgan fingerprint density at radius 1 is 1.29 bits per heavy atom. The van der Waals surface area contributed by atoms with Crippen LogP contribution in [0.1, 0.15) is 38.2 Å². The maximum atomic E-state index is 12.7. The van der Waals surface area contributed by atoms with Gasteiger partial charge in [0, 0.05) is 24.6 Å². The predicted octanol–water partition coefficient (Wildman–Crippen LogP) is 2.60. The third-order valence-electron chi connectivity index (χ3n) is 4.75. The Labute approximate surface area is 142 Å². The third kappa shape index (κ3) is 3.18. The molecule has 1 fully saturated rings. The summed E-state index contributed by atoms with van der Waals surface area (Å²) in [5.41, 5.74) is 1.52. The molecule has 0 unspecified atom stereocenters. The molecule has 130 valence electrons. The van der Waals surface area contributed by atoms with Crippen LogP contribution in [0.5, 0.6) is 11.5 Å². The Hall–Kier alpha value is -2.24. The standard InChI is InChI=1S/C18H24N2O4/c1-12-6-4-5-9-20(12)18(21)17-11-15(19-24-17)14-10-13(22-2)7-8-16(14)23-3/h7-8,10,12,17H,4-6,9,11H2,1-3H3/t12-,17-/m1/s1. The van der Waals surface area contributed by atoms with Crippen LogP contribution in [0, 0.1) is 0 Å². The predicted molar refractivity (Wildman–Crippen MR) is 90.6 cm³/mol. The molecule has 0 N–H and O–H groups in total. The number of rotatable bonds is 4. The first kappa shape index (κ1) is 16.6. The van der Waals surface area contributed by atoms with Crippen LogP contribution in [0.3, 0.4) is 0 Å². The summed E-state index contributed by atoms with van der Waals surface area (Å²) in [7, 11) is 3.22. The first-order valence-corrected chi connectivity index (χ1v) is 8.39. The van der Waals surface area contributed by atoms with Crippen LogP contribution in [0.25, 0.3) is 0 Å².